The van der Waals surface area contributed by atoms with Gasteiger partial charge in [0.15, 0.2) is 5.82 Å². The van der Waals surface area contributed by atoms with Crippen molar-refractivity contribution in [2.75, 3.05) is 6.61 Å². The number of aromatic nitrogens is 2. The number of hydrogen-bond donors (Lipinski definition) is 2. The molecule has 0 fully saturated rings. The van der Waals surface area contributed by atoms with E-state index in [-0.39, 0.29) is 12.5 Å². The first kappa shape index (κ1) is 12.7. The van der Waals surface area contributed by atoms with Crippen LogP contribution in [-0.4, -0.2) is 21.9 Å². The van der Waals surface area contributed by atoms with E-state index in [0.717, 1.165) is 5.56 Å². The summed E-state index contributed by atoms with van der Waals surface area (Å²) in [6, 6.07) is 5.70. The van der Waals surface area contributed by atoms with Crippen molar-refractivity contribution in [3.8, 4) is 0 Å². The summed E-state index contributed by atoms with van der Waals surface area (Å²) >= 11 is 0. The van der Waals surface area contributed by atoms with Crippen LogP contribution in [0, 0.1) is 13.8 Å². The van der Waals surface area contributed by atoms with E-state index in [2.05, 4.69) is 42.2 Å². The Balaban J connectivity index is 2.16. The minimum atomic E-state index is -0.606. The highest BCUT2D eigenvalue weighted by Gasteiger charge is 2.13. The van der Waals surface area contributed by atoms with Gasteiger partial charge in [-0.1, -0.05) is 34.5 Å². The maximum atomic E-state index is 8.91. The van der Waals surface area contributed by atoms with Crippen molar-refractivity contribution in [2.45, 2.75) is 26.3 Å². The van der Waals surface area contributed by atoms with Crippen LogP contribution >= 0.6 is 0 Å². The van der Waals surface area contributed by atoms with Gasteiger partial charge in [-0.05, 0) is 19.4 Å². The fourth-order valence-corrected chi connectivity index (χ4v) is 1.92. The average Bonchev–Trinajstić information content (AvgIpc) is 2.75. The van der Waals surface area contributed by atoms with Gasteiger partial charge in [-0.25, -0.2) is 0 Å². The first-order valence-electron chi connectivity index (χ1n) is 5.84. The Morgan fingerprint density at radius 3 is 2.56 bits per heavy atom. The molecule has 5 heteroatoms. The van der Waals surface area contributed by atoms with Crippen molar-refractivity contribution < 1.29 is 9.63 Å². The van der Waals surface area contributed by atoms with Crippen LogP contribution in [0.3, 0.4) is 0 Å². The minimum Gasteiger partial charge on any atom is -0.394 e. The van der Waals surface area contributed by atoms with E-state index < -0.39 is 6.04 Å². The third kappa shape index (κ3) is 2.94. The molecule has 0 aliphatic carbocycles. The van der Waals surface area contributed by atoms with Crippen LogP contribution in [0.4, 0.5) is 0 Å². The van der Waals surface area contributed by atoms with E-state index in [1.807, 2.05) is 0 Å². The van der Waals surface area contributed by atoms with Gasteiger partial charge in [-0.15, -0.1) is 0 Å². The minimum absolute atomic E-state index is 0.203. The van der Waals surface area contributed by atoms with Gasteiger partial charge < -0.3 is 15.4 Å². The second kappa shape index (κ2) is 5.29. The van der Waals surface area contributed by atoms with Crippen LogP contribution in [-0.2, 0) is 6.42 Å². The fourth-order valence-electron chi connectivity index (χ4n) is 1.92. The van der Waals surface area contributed by atoms with Gasteiger partial charge in [0, 0.05) is 6.42 Å². The van der Waals surface area contributed by atoms with Crippen LogP contribution in [0.5, 0.6) is 0 Å². The molecule has 5 nitrogen and oxygen atoms in total. The summed E-state index contributed by atoms with van der Waals surface area (Å²) in [5, 5.41) is 12.8. The lowest BCUT2D eigenvalue weighted by Gasteiger charge is -2.02. The molecule has 2 aromatic rings. The molecular formula is C13H17N3O2. The Hall–Kier alpha value is -1.72. The summed E-state index contributed by atoms with van der Waals surface area (Å²) in [6.07, 6.45) is 0.601. The SMILES string of the molecule is Cc1cc(C)cc(Cc2noc([C@@H](N)CO)n2)c1. The number of aliphatic hydroxyl groups excluding tert-OH is 1. The van der Waals surface area contributed by atoms with Gasteiger partial charge >= 0.3 is 0 Å². The lowest BCUT2D eigenvalue weighted by Crippen LogP contribution is -2.14. The summed E-state index contributed by atoms with van der Waals surface area (Å²) in [5.41, 5.74) is 9.16. The number of hydrogen-bond acceptors (Lipinski definition) is 5. The number of rotatable bonds is 4. The number of nitrogens with zero attached hydrogens (tertiary/aromatic N) is 2. The second-order valence-corrected chi connectivity index (χ2v) is 4.51. The van der Waals surface area contributed by atoms with Crippen molar-refractivity contribution in [1.82, 2.24) is 10.1 Å². The molecule has 0 saturated carbocycles. The van der Waals surface area contributed by atoms with E-state index in [0.29, 0.717) is 12.2 Å². The summed E-state index contributed by atoms with van der Waals surface area (Å²) in [4.78, 5) is 4.17. The highest BCUT2D eigenvalue weighted by Crippen LogP contribution is 2.13. The summed E-state index contributed by atoms with van der Waals surface area (Å²) < 4.78 is 5.00. The Kier molecular flexibility index (Phi) is 3.74. The molecule has 1 aromatic carbocycles. The smallest absolute Gasteiger partial charge is 0.245 e. The van der Waals surface area contributed by atoms with Crippen molar-refractivity contribution in [2.24, 2.45) is 5.73 Å². The van der Waals surface area contributed by atoms with E-state index in [9.17, 15) is 0 Å². The molecule has 0 bridgehead atoms. The molecule has 0 spiro atoms. The Morgan fingerprint density at radius 1 is 1.28 bits per heavy atom. The Labute approximate surface area is 106 Å². The van der Waals surface area contributed by atoms with E-state index in [1.165, 1.54) is 11.1 Å². The first-order valence-corrected chi connectivity index (χ1v) is 5.84. The standard InChI is InChI=1S/C13H17N3O2/c1-8-3-9(2)5-10(4-8)6-12-15-13(18-16-12)11(14)7-17/h3-5,11,17H,6-7,14H2,1-2H3/t11-/m0/s1. The molecule has 3 N–H and O–H groups in total. The second-order valence-electron chi connectivity index (χ2n) is 4.51. The third-order valence-electron chi connectivity index (χ3n) is 2.64. The number of aryl methyl sites for hydroxylation is 2. The Morgan fingerprint density at radius 2 is 1.94 bits per heavy atom. The predicted molar refractivity (Wildman–Crippen MR) is 67.0 cm³/mol. The van der Waals surface area contributed by atoms with Crippen LogP contribution in [0.2, 0.25) is 0 Å². The van der Waals surface area contributed by atoms with Crippen LogP contribution in [0.1, 0.15) is 34.4 Å². The number of aliphatic hydroxyl groups is 1. The van der Waals surface area contributed by atoms with Gasteiger partial charge in [0.05, 0.1) is 6.61 Å². The van der Waals surface area contributed by atoms with Crippen molar-refractivity contribution in [3.63, 3.8) is 0 Å². The monoisotopic (exact) mass is 247 g/mol. The zero-order valence-corrected chi connectivity index (χ0v) is 10.6. The lowest BCUT2D eigenvalue weighted by molar-refractivity contribution is 0.236. The summed E-state index contributed by atoms with van der Waals surface area (Å²) in [5.74, 6) is 0.857. The molecular weight excluding hydrogens is 230 g/mol. The third-order valence-corrected chi connectivity index (χ3v) is 2.64. The van der Waals surface area contributed by atoms with Gasteiger partial charge in [0.2, 0.25) is 5.89 Å². The van der Waals surface area contributed by atoms with Gasteiger partial charge in [0.25, 0.3) is 0 Å². The molecule has 0 saturated heterocycles. The zero-order chi connectivity index (χ0) is 13.1. The van der Waals surface area contributed by atoms with Crippen LogP contribution < -0.4 is 5.73 Å². The molecule has 1 atom stereocenters. The van der Waals surface area contributed by atoms with Crippen molar-refractivity contribution in [3.05, 3.63) is 46.6 Å². The van der Waals surface area contributed by atoms with E-state index >= 15 is 0 Å². The Bertz CT molecular complexity index is 517. The maximum absolute atomic E-state index is 8.91. The largest absolute Gasteiger partial charge is 0.394 e. The highest BCUT2D eigenvalue weighted by molar-refractivity contribution is 5.30. The number of benzene rings is 1. The van der Waals surface area contributed by atoms with E-state index in [1.54, 1.807) is 0 Å². The summed E-state index contributed by atoms with van der Waals surface area (Å²) in [7, 11) is 0. The van der Waals surface area contributed by atoms with Gasteiger partial charge in [0.1, 0.15) is 6.04 Å². The van der Waals surface area contributed by atoms with Gasteiger partial charge in [-0.2, -0.15) is 4.98 Å². The molecule has 1 heterocycles. The van der Waals surface area contributed by atoms with Crippen LogP contribution in [0.25, 0.3) is 0 Å². The highest BCUT2D eigenvalue weighted by atomic mass is 16.5. The lowest BCUT2D eigenvalue weighted by atomic mass is 10.1. The normalized spacial score (nSPS) is 12.7. The maximum Gasteiger partial charge on any atom is 0.245 e. The average molecular weight is 247 g/mol. The molecule has 0 amide bonds. The molecule has 1 aromatic heterocycles. The predicted octanol–water partition coefficient (Wildman–Crippen LogP) is 1.27. The zero-order valence-electron chi connectivity index (χ0n) is 10.6. The van der Waals surface area contributed by atoms with Gasteiger partial charge in [-0.3, -0.25) is 0 Å². The van der Waals surface area contributed by atoms with Crippen molar-refractivity contribution >= 4 is 0 Å². The molecule has 2 rings (SSSR count). The topological polar surface area (TPSA) is 85.2 Å². The summed E-state index contributed by atoms with van der Waals surface area (Å²) in [6.45, 7) is 3.91. The molecule has 0 aliphatic heterocycles. The molecule has 96 valence electrons. The first-order chi connectivity index (χ1) is 8.58. The quantitative estimate of drug-likeness (QED) is 0.849. The number of nitrogens with two attached hydrogens (primary N) is 1. The molecule has 0 aliphatic rings. The fraction of sp³-hybridized carbons (Fsp3) is 0.385. The van der Waals surface area contributed by atoms with E-state index in [4.69, 9.17) is 15.4 Å². The van der Waals surface area contributed by atoms with Crippen LogP contribution in [0.15, 0.2) is 22.7 Å². The molecule has 0 radical (unpaired) electrons. The molecule has 18 heavy (non-hydrogen) atoms. The van der Waals surface area contributed by atoms with Crippen molar-refractivity contribution in [1.29, 1.82) is 0 Å². The molecule has 0 unspecified atom stereocenters.